The lowest BCUT2D eigenvalue weighted by Crippen LogP contribution is -2.38. The molecule has 1 aliphatic rings. The zero-order chi connectivity index (χ0) is 21.7. The number of ether oxygens (including phenoxy) is 2. The summed E-state index contributed by atoms with van der Waals surface area (Å²) in [6.45, 7) is 2.90. The lowest BCUT2D eigenvalue weighted by molar-refractivity contribution is -0.481. The van der Waals surface area contributed by atoms with E-state index in [-0.39, 0.29) is 24.5 Å². The van der Waals surface area contributed by atoms with Gasteiger partial charge in [-0.1, -0.05) is 48.5 Å². The van der Waals surface area contributed by atoms with Gasteiger partial charge in [-0.3, -0.25) is 10.1 Å². The van der Waals surface area contributed by atoms with E-state index < -0.39 is 29.4 Å². The Balaban J connectivity index is 2.01. The van der Waals surface area contributed by atoms with Gasteiger partial charge in [0.15, 0.2) is 0 Å². The predicted molar refractivity (Wildman–Crippen MR) is 109 cm³/mol. The molecule has 0 bridgehead atoms. The molecule has 0 aliphatic carbocycles. The molecule has 0 N–H and O–H groups in total. The van der Waals surface area contributed by atoms with Gasteiger partial charge < -0.3 is 9.47 Å². The molecule has 30 heavy (non-hydrogen) atoms. The number of hydrogen-bond acceptors (Lipinski definition) is 6. The van der Waals surface area contributed by atoms with E-state index in [0.717, 1.165) is 5.56 Å². The molecule has 0 fully saturated rings. The van der Waals surface area contributed by atoms with Crippen LogP contribution in [-0.4, -0.2) is 30.1 Å². The van der Waals surface area contributed by atoms with Crippen molar-refractivity contribution in [1.29, 1.82) is 0 Å². The third kappa shape index (κ3) is 4.32. The fourth-order valence-electron chi connectivity index (χ4n) is 3.55. The highest BCUT2D eigenvalue weighted by Gasteiger charge is 2.40. The summed E-state index contributed by atoms with van der Waals surface area (Å²) in [4.78, 5) is 37.8. The lowest BCUT2D eigenvalue weighted by Gasteiger charge is -2.34. The number of benzene rings is 2. The normalized spacial score (nSPS) is 15.4. The summed E-state index contributed by atoms with van der Waals surface area (Å²) in [6, 6.07) is 16.0. The number of rotatable bonds is 6. The van der Waals surface area contributed by atoms with Crippen molar-refractivity contribution in [3.63, 3.8) is 0 Å². The smallest absolute Gasteiger partial charge is 0.419 e. The second-order valence-corrected chi connectivity index (χ2v) is 6.72. The molecule has 8 heteroatoms. The zero-order valence-electron chi connectivity index (χ0n) is 16.7. The van der Waals surface area contributed by atoms with Crippen LogP contribution in [-0.2, 0) is 20.9 Å². The summed E-state index contributed by atoms with van der Waals surface area (Å²) in [5, 5.41) is 11.3. The molecule has 8 nitrogen and oxygen atoms in total. The van der Waals surface area contributed by atoms with E-state index >= 15 is 0 Å². The molecule has 1 heterocycles. The minimum Gasteiger partial charge on any atom is -0.463 e. The van der Waals surface area contributed by atoms with Crippen molar-refractivity contribution in [3.8, 4) is 0 Å². The molecule has 0 saturated carbocycles. The van der Waals surface area contributed by atoms with E-state index in [1.807, 2.05) is 30.3 Å². The van der Waals surface area contributed by atoms with Gasteiger partial charge in [0, 0.05) is 10.6 Å². The standard InChI is InChI=1S/C22H22N2O6/c1-3-29-21(25)20-15(2)24(22(26)30-14-16-9-5-4-6-10-16)19-12-8-7-11-17(19)18(20)13-23(27)28/h4-12,18H,3,13-14H2,1-2H3/t18-/m1/s1. The fourth-order valence-corrected chi connectivity index (χ4v) is 3.55. The van der Waals surface area contributed by atoms with E-state index in [9.17, 15) is 19.7 Å². The molecule has 2 aromatic rings. The van der Waals surface area contributed by atoms with Gasteiger partial charge >= 0.3 is 12.1 Å². The molecular formula is C22H22N2O6. The highest BCUT2D eigenvalue weighted by molar-refractivity contribution is 6.00. The highest BCUT2D eigenvalue weighted by Crippen LogP contribution is 2.42. The van der Waals surface area contributed by atoms with Gasteiger partial charge in [-0.15, -0.1) is 0 Å². The van der Waals surface area contributed by atoms with E-state index in [2.05, 4.69) is 0 Å². The van der Waals surface area contributed by atoms with Gasteiger partial charge in [0.05, 0.1) is 23.8 Å². The Kier molecular flexibility index (Phi) is 6.46. The molecule has 0 aromatic heterocycles. The molecule has 1 atom stereocenters. The number of para-hydroxylation sites is 1. The summed E-state index contributed by atoms with van der Waals surface area (Å²) in [7, 11) is 0. The number of hydrogen-bond donors (Lipinski definition) is 0. The number of fused-ring (bicyclic) bond motifs is 1. The average Bonchev–Trinajstić information content (AvgIpc) is 2.73. The third-order valence-corrected chi connectivity index (χ3v) is 4.84. The number of carbonyl (C=O) groups is 2. The largest absolute Gasteiger partial charge is 0.463 e. The van der Waals surface area contributed by atoms with Gasteiger partial charge in [0.25, 0.3) is 0 Å². The molecule has 156 valence electrons. The number of nitro groups is 1. The molecule has 0 saturated heterocycles. The first-order valence-corrected chi connectivity index (χ1v) is 9.53. The van der Waals surface area contributed by atoms with Crippen LogP contribution in [0.15, 0.2) is 65.9 Å². The highest BCUT2D eigenvalue weighted by atomic mass is 16.6. The Morgan fingerprint density at radius 1 is 1.07 bits per heavy atom. The first-order valence-electron chi connectivity index (χ1n) is 9.53. The third-order valence-electron chi connectivity index (χ3n) is 4.84. The zero-order valence-corrected chi connectivity index (χ0v) is 16.7. The first kappa shape index (κ1) is 21.0. The van der Waals surface area contributed by atoms with Crippen molar-refractivity contribution < 1.29 is 24.0 Å². The summed E-state index contributed by atoms with van der Waals surface area (Å²) < 4.78 is 10.6. The molecule has 0 spiro atoms. The maximum absolute atomic E-state index is 13.0. The van der Waals surface area contributed by atoms with Crippen LogP contribution in [0, 0.1) is 10.1 Å². The van der Waals surface area contributed by atoms with E-state index in [1.165, 1.54) is 4.90 Å². The molecule has 3 rings (SSSR count). The number of nitrogens with zero attached hydrogens (tertiary/aromatic N) is 2. The minimum atomic E-state index is -0.826. The SMILES string of the molecule is CCOC(=O)C1=C(C)N(C(=O)OCc2ccccc2)c2ccccc2[C@H]1C[N+](=O)[O-]. The molecule has 2 aromatic carbocycles. The molecular weight excluding hydrogens is 388 g/mol. The van der Waals surface area contributed by atoms with Crippen molar-refractivity contribution in [2.75, 3.05) is 18.1 Å². The average molecular weight is 410 g/mol. The maximum atomic E-state index is 13.0. The number of allylic oxidation sites excluding steroid dienone is 1. The van der Waals surface area contributed by atoms with Crippen LogP contribution in [0.3, 0.4) is 0 Å². The summed E-state index contributed by atoms with van der Waals surface area (Å²) in [6.07, 6.45) is -0.676. The molecule has 1 aliphatic heterocycles. The van der Waals surface area contributed by atoms with Gasteiger partial charge in [0.2, 0.25) is 6.54 Å². The quantitative estimate of drug-likeness (QED) is 0.405. The second-order valence-electron chi connectivity index (χ2n) is 6.72. The molecule has 0 radical (unpaired) electrons. The maximum Gasteiger partial charge on any atom is 0.419 e. The van der Waals surface area contributed by atoms with Crippen LogP contribution in [0.2, 0.25) is 0 Å². The number of amides is 1. The van der Waals surface area contributed by atoms with Crippen LogP contribution in [0.5, 0.6) is 0 Å². The second kappa shape index (κ2) is 9.21. The fraction of sp³-hybridized carbons (Fsp3) is 0.273. The van der Waals surface area contributed by atoms with Crippen molar-refractivity contribution in [2.24, 2.45) is 0 Å². The van der Waals surface area contributed by atoms with Crippen molar-refractivity contribution in [2.45, 2.75) is 26.4 Å². The van der Waals surface area contributed by atoms with E-state index in [0.29, 0.717) is 11.3 Å². The Hall–Kier alpha value is -3.68. The Bertz CT molecular complexity index is 986. The first-order chi connectivity index (χ1) is 14.4. The van der Waals surface area contributed by atoms with Crippen LogP contribution in [0.25, 0.3) is 0 Å². The van der Waals surface area contributed by atoms with E-state index in [4.69, 9.17) is 9.47 Å². The van der Waals surface area contributed by atoms with Crippen molar-refractivity contribution >= 4 is 17.7 Å². The monoisotopic (exact) mass is 410 g/mol. The van der Waals surface area contributed by atoms with Gasteiger partial charge in [0.1, 0.15) is 6.61 Å². The summed E-state index contributed by atoms with van der Waals surface area (Å²) in [5.74, 6) is -1.51. The van der Waals surface area contributed by atoms with Crippen LogP contribution < -0.4 is 4.90 Å². The molecule has 1 amide bonds. The van der Waals surface area contributed by atoms with Crippen LogP contribution in [0.1, 0.15) is 30.9 Å². The topological polar surface area (TPSA) is 99.0 Å². The van der Waals surface area contributed by atoms with Crippen molar-refractivity contribution in [1.82, 2.24) is 0 Å². The Labute approximate surface area is 173 Å². The van der Waals surface area contributed by atoms with Crippen LogP contribution >= 0.6 is 0 Å². The van der Waals surface area contributed by atoms with Crippen molar-refractivity contribution in [3.05, 3.63) is 87.1 Å². The number of anilines is 1. The van der Waals surface area contributed by atoms with Gasteiger partial charge in [-0.25, -0.2) is 14.5 Å². The Morgan fingerprint density at radius 2 is 1.73 bits per heavy atom. The summed E-state index contributed by atoms with van der Waals surface area (Å²) >= 11 is 0. The predicted octanol–water partition coefficient (Wildman–Crippen LogP) is 4.04. The van der Waals surface area contributed by atoms with E-state index in [1.54, 1.807) is 38.1 Å². The van der Waals surface area contributed by atoms with Gasteiger partial charge in [-0.2, -0.15) is 0 Å². The Morgan fingerprint density at radius 3 is 2.40 bits per heavy atom. The number of esters is 1. The lowest BCUT2D eigenvalue weighted by atomic mass is 9.85. The summed E-state index contributed by atoms with van der Waals surface area (Å²) in [5.41, 5.74) is 2.11. The van der Waals surface area contributed by atoms with Gasteiger partial charge in [-0.05, 0) is 31.0 Å². The molecule has 0 unspecified atom stereocenters. The number of carbonyl (C=O) groups excluding carboxylic acids is 2. The van der Waals surface area contributed by atoms with Crippen LogP contribution in [0.4, 0.5) is 10.5 Å². The minimum absolute atomic E-state index is 0.0543.